The topological polar surface area (TPSA) is 98.1 Å². The molecule has 0 bridgehead atoms. The van der Waals surface area contributed by atoms with E-state index in [-0.39, 0.29) is 18.6 Å². The zero-order chi connectivity index (χ0) is 12.8. The van der Waals surface area contributed by atoms with Crippen LogP contribution in [0.4, 0.5) is 0 Å². The lowest BCUT2D eigenvalue weighted by Crippen LogP contribution is -2.18. The highest BCUT2D eigenvalue weighted by Crippen LogP contribution is 2.28. The largest absolute Gasteiger partial charge is 0.617 e. The third kappa shape index (κ3) is 5.31. The average Bonchev–Trinajstić information content (AvgIpc) is 2.25. The Bertz CT molecular complexity index is 408. The summed E-state index contributed by atoms with van der Waals surface area (Å²) in [5.74, 6) is 0.150. The zero-order valence-electron chi connectivity index (χ0n) is 8.93. The summed E-state index contributed by atoms with van der Waals surface area (Å²) in [7, 11) is -5.07. The first-order chi connectivity index (χ1) is 7.99. The molecule has 1 aromatic carbocycles. The Balaban J connectivity index is 2.54. The first kappa shape index (κ1) is 14.2. The number of nitrogens with zero attached hydrogens (tertiary/aromatic N) is 1. The number of hydrogen-bond donors (Lipinski definition) is 3. The lowest BCUT2D eigenvalue weighted by Gasteiger charge is -2.03. The van der Waals surface area contributed by atoms with Gasteiger partial charge < -0.3 is 5.11 Å². The number of phenols is 1. The molecule has 0 saturated carbocycles. The second-order valence-electron chi connectivity index (χ2n) is 3.39. The molecule has 2 unspecified atom stereocenters. The molecule has 0 amide bonds. The summed E-state index contributed by atoms with van der Waals surface area (Å²) >= 11 is 0. The highest BCUT2D eigenvalue weighted by Gasteiger charge is 2.33. The molecule has 17 heavy (non-hydrogen) atoms. The Morgan fingerprint density at radius 2 is 1.71 bits per heavy atom. The van der Waals surface area contributed by atoms with E-state index in [1.807, 2.05) is 0 Å². The van der Waals surface area contributed by atoms with Gasteiger partial charge >= 0.3 is 16.2 Å². The van der Waals surface area contributed by atoms with Gasteiger partial charge in [-0.15, -0.1) is 4.89 Å². The van der Waals surface area contributed by atoms with E-state index in [9.17, 15) is 9.13 Å². The van der Waals surface area contributed by atoms with E-state index in [1.54, 1.807) is 12.1 Å². The third-order valence-corrected chi connectivity index (χ3v) is 3.75. The predicted octanol–water partition coefficient (Wildman–Crippen LogP) is 1.58. The van der Waals surface area contributed by atoms with Gasteiger partial charge in [-0.05, 0) is 37.9 Å². The smallest absolute Gasteiger partial charge is 0.508 e. The minimum Gasteiger partial charge on any atom is -0.508 e. The fourth-order valence-corrected chi connectivity index (χ4v) is 2.72. The Kier molecular flexibility index (Phi) is 5.62. The SMILES string of the molecule is O=[P+](O)CN(CCc1ccc(O)cc1)[P+](=O)O. The van der Waals surface area contributed by atoms with Crippen molar-refractivity contribution in [2.45, 2.75) is 6.42 Å². The molecular formula is C9H13NO5P2+2. The molecule has 0 aliphatic carbocycles. The first-order valence-electron chi connectivity index (χ1n) is 4.81. The molecule has 0 heterocycles. The van der Waals surface area contributed by atoms with E-state index in [4.69, 9.17) is 14.9 Å². The van der Waals surface area contributed by atoms with Crippen LogP contribution < -0.4 is 0 Å². The lowest BCUT2D eigenvalue weighted by molar-refractivity contribution is 0.387. The molecule has 0 saturated heterocycles. The Labute approximate surface area is 100 Å². The van der Waals surface area contributed by atoms with Gasteiger partial charge in [-0.3, -0.25) is 0 Å². The third-order valence-electron chi connectivity index (χ3n) is 2.12. The van der Waals surface area contributed by atoms with Crippen molar-refractivity contribution < 1.29 is 24.0 Å². The molecule has 6 nitrogen and oxygen atoms in total. The summed E-state index contributed by atoms with van der Waals surface area (Å²) in [6.45, 7) is 0.206. The second kappa shape index (κ2) is 6.74. The molecule has 3 N–H and O–H groups in total. The summed E-state index contributed by atoms with van der Waals surface area (Å²) in [6.07, 6.45) is 0.143. The number of hydrogen-bond acceptors (Lipinski definition) is 3. The minimum atomic E-state index is -2.61. The number of phenolic OH excluding ortho intramolecular Hbond substituents is 1. The van der Waals surface area contributed by atoms with Crippen LogP contribution in [0.2, 0.25) is 0 Å². The van der Waals surface area contributed by atoms with Crippen molar-refractivity contribution in [3.8, 4) is 5.75 Å². The minimum absolute atomic E-state index is 0.150. The summed E-state index contributed by atoms with van der Waals surface area (Å²) in [4.78, 5) is 17.6. The van der Waals surface area contributed by atoms with Crippen LogP contribution in [-0.2, 0) is 15.6 Å². The first-order valence-corrected chi connectivity index (χ1v) is 7.38. The van der Waals surface area contributed by atoms with Gasteiger partial charge in [0.05, 0.1) is 6.54 Å². The van der Waals surface area contributed by atoms with Gasteiger partial charge in [0.25, 0.3) is 6.29 Å². The van der Waals surface area contributed by atoms with Gasteiger partial charge in [-0.25, -0.2) is 0 Å². The van der Waals surface area contributed by atoms with Crippen molar-refractivity contribution in [1.82, 2.24) is 4.67 Å². The fraction of sp³-hybridized carbons (Fsp3) is 0.333. The Morgan fingerprint density at radius 1 is 1.12 bits per heavy atom. The van der Waals surface area contributed by atoms with Crippen LogP contribution in [0.15, 0.2) is 24.3 Å². The highest BCUT2D eigenvalue weighted by atomic mass is 31.1. The molecule has 0 spiro atoms. The monoisotopic (exact) mass is 277 g/mol. The molecule has 1 rings (SSSR count). The van der Waals surface area contributed by atoms with Crippen LogP contribution in [-0.4, -0.2) is 32.4 Å². The van der Waals surface area contributed by atoms with E-state index >= 15 is 0 Å². The summed E-state index contributed by atoms with van der Waals surface area (Å²) in [6, 6.07) is 6.42. The van der Waals surface area contributed by atoms with Crippen molar-refractivity contribution in [1.29, 1.82) is 0 Å². The highest BCUT2D eigenvalue weighted by molar-refractivity contribution is 7.40. The van der Waals surface area contributed by atoms with Crippen molar-refractivity contribution in [3.05, 3.63) is 29.8 Å². The predicted molar refractivity (Wildman–Crippen MR) is 63.0 cm³/mol. The maximum atomic E-state index is 10.9. The van der Waals surface area contributed by atoms with Crippen molar-refractivity contribution >= 4 is 16.2 Å². The van der Waals surface area contributed by atoms with Crippen LogP contribution in [0.3, 0.4) is 0 Å². The van der Waals surface area contributed by atoms with E-state index in [0.29, 0.717) is 6.42 Å². The molecule has 8 heteroatoms. The molecule has 0 aromatic heterocycles. The molecule has 92 valence electrons. The van der Waals surface area contributed by atoms with Gasteiger partial charge in [-0.1, -0.05) is 12.1 Å². The zero-order valence-corrected chi connectivity index (χ0v) is 10.7. The van der Waals surface area contributed by atoms with Crippen molar-refractivity contribution in [2.24, 2.45) is 0 Å². The van der Waals surface area contributed by atoms with E-state index in [0.717, 1.165) is 10.2 Å². The Hall–Kier alpha value is -0.900. The lowest BCUT2D eigenvalue weighted by atomic mass is 10.1. The maximum Gasteiger partial charge on any atom is 0.617 e. The average molecular weight is 277 g/mol. The molecule has 0 aliphatic rings. The van der Waals surface area contributed by atoms with Crippen molar-refractivity contribution in [2.75, 3.05) is 12.8 Å². The van der Waals surface area contributed by atoms with Crippen LogP contribution >= 0.6 is 16.2 Å². The Morgan fingerprint density at radius 3 is 2.18 bits per heavy atom. The molecule has 0 radical (unpaired) electrons. The molecule has 1 aromatic rings. The van der Waals surface area contributed by atoms with Crippen LogP contribution in [0.25, 0.3) is 0 Å². The van der Waals surface area contributed by atoms with E-state index in [1.165, 1.54) is 12.1 Å². The summed E-state index contributed by atoms with van der Waals surface area (Å²) < 4.78 is 22.6. The van der Waals surface area contributed by atoms with Gasteiger partial charge in [0, 0.05) is 0 Å². The number of aromatic hydroxyl groups is 1. The van der Waals surface area contributed by atoms with E-state index in [2.05, 4.69) is 0 Å². The van der Waals surface area contributed by atoms with Crippen LogP contribution in [0.1, 0.15) is 5.56 Å². The molecule has 0 aliphatic heterocycles. The second-order valence-corrected chi connectivity index (χ2v) is 5.45. The normalized spacial score (nSPS) is 12.6. The van der Waals surface area contributed by atoms with Gasteiger partial charge in [0.1, 0.15) is 5.75 Å². The van der Waals surface area contributed by atoms with Gasteiger partial charge in [0.2, 0.25) is 0 Å². The maximum absolute atomic E-state index is 10.9. The number of benzene rings is 1. The van der Waals surface area contributed by atoms with Gasteiger partial charge in [-0.2, -0.15) is 4.89 Å². The standard InChI is InChI=1S/C9H11NO5P2/c11-9-3-1-8(2-4-9)5-6-10(17(14)15)7-16(12)13/h1-4H,5-7H2,(H-2,11,12,13,14,15)/p+2. The van der Waals surface area contributed by atoms with Crippen LogP contribution in [0.5, 0.6) is 5.75 Å². The molecule has 0 fully saturated rings. The quantitative estimate of drug-likeness (QED) is 0.683. The molecular weight excluding hydrogens is 264 g/mol. The summed E-state index contributed by atoms with van der Waals surface area (Å²) in [5.41, 5.74) is 0.873. The van der Waals surface area contributed by atoms with Crippen molar-refractivity contribution in [3.63, 3.8) is 0 Å². The number of rotatable bonds is 6. The van der Waals surface area contributed by atoms with E-state index < -0.39 is 16.2 Å². The van der Waals surface area contributed by atoms with Gasteiger partial charge in [0.15, 0.2) is 0 Å². The molecule has 2 atom stereocenters. The fourth-order valence-electron chi connectivity index (χ4n) is 1.27. The summed E-state index contributed by atoms with van der Waals surface area (Å²) in [5, 5.41) is 9.07. The van der Waals surface area contributed by atoms with Crippen LogP contribution in [0, 0.1) is 0 Å².